The SMILES string of the molecule is OB(O)c1cccc(CSc2ccc(Cl)c(Cl)c2)c1. The molecule has 0 unspecified atom stereocenters. The van der Waals surface area contributed by atoms with Crippen LogP contribution in [-0.4, -0.2) is 17.2 Å². The molecule has 0 atom stereocenters. The van der Waals surface area contributed by atoms with Crippen LogP contribution < -0.4 is 5.46 Å². The summed E-state index contributed by atoms with van der Waals surface area (Å²) in [4.78, 5) is 1.02. The smallest absolute Gasteiger partial charge is 0.423 e. The van der Waals surface area contributed by atoms with Crippen LogP contribution >= 0.6 is 35.0 Å². The first-order valence-electron chi connectivity index (χ1n) is 5.59. The van der Waals surface area contributed by atoms with Gasteiger partial charge in [-0.15, -0.1) is 11.8 Å². The molecule has 2 nitrogen and oxygen atoms in total. The Bertz CT molecular complexity index is 578. The lowest BCUT2D eigenvalue weighted by atomic mass is 9.80. The fraction of sp³-hybridized carbons (Fsp3) is 0.0769. The van der Waals surface area contributed by atoms with Crippen LogP contribution in [0.3, 0.4) is 0 Å². The summed E-state index contributed by atoms with van der Waals surface area (Å²) in [6, 6.07) is 12.7. The van der Waals surface area contributed by atoms with Gasteiger partial charge in [0.25, 0.3) is 0 Å². The van der Waals surface area contributed by atoms with Gasteiger partial charge in [-0.05, 0) is 29.2 Å². The molecule has 0 fully saturated rings. The van der Waals surface area contributed by atoms with Crippen molar-refractivity contribution >= 4 is 47.5 Å². The van der Waals surface area contributed by atoms with Crippen LogP contribution in [0.4, 0.5) is 0 Å². The summed E-state index contributed by atoms with van der Waals surface area (Å²) in [6.45, 7) is 0. The van der Waals surface area contributed by atoms with E-state index in [4.69, 9.17) is 33.2 Å². The van der Waals surface area contributed by atoms with Gasteiger partial charge in [0.15, 0.2) is 0 Å². The van der Waals surface area contributed by atoms with Crippen LogP contribution in [0.1, 0.15) is 5.56 Å². The summed E-state index contributed by atoms with van der Waals surface area (Å²) in [5, 5.41) is 19.3. The molecule has 0 saturated heterocycles. The molecule has 2 N–H and O–H groups in total. The van der Waals surface area contributed by atoms with E-state index in [0.717, 1.165) is 16.2 Å². The van der Waals surface area contributed by atoms with Crippen molar-refractivity contribution in [2.45, 2.75) is 10.6 Å². The minimum atomic E-state index is -1.44. The Hall–Kier alpha value is -0.645. The van der Waals surface area contributed by atoms with E-state index in [1.807, 2.05) is 18.2 Å². The number of rotatable bonds is 4. The monoisotopic (exact) mass is 312 g/mol. The number of halogens is 2. The fourth-order valence-electron chi connectivity index (χ4n) is 1.58. The molecule has 0 radical (unpaired) electrons. The Kier molecular flexibility index (Phi) is 5.19. The average Bonchev–Trinajstić information content (AvgIpc) is 2.40. The highest BCUT2D eigenvalue weighted by Crippen LogP contribution is 2.29. The third-order valence-electron chi connectivity index (χ3n) is 2.55. The minimum Gasteiger partial charge on any atom is -0.423 e. The summed E-state index contributed by atoms with van der Waals surface area (Å²) in [5.74, 6) is 0.721. The molecule has 0 aliphatic rings. The molecule has 19 heavy (non-hydrogen) atoms. The van der Waals surface area contributed by atoms with E-state index < -0.39 is 7.12 Å². The standard InChI is InChI=1S/C13H11BCl2O2S/c15-12-5-4-11(7-13(12)16)19-8-9-2-1-3-10(6-9)14(17)18/h1-7,17-18H,8H2. The van der Waals surface area contributed by atoms with Gasteiger partial charge >= 0.3 is 7.12 Å². The predicted molar refractivity (Wildman–Crippen MR) is 82.3 cm³/mol. The Morgan fingerprint density at radius 2 is 1.79 bits per heavy atom. The molecule has 0 bridgehead atoms. The van der Waals surface area contributed by atoms with Crippen molar-refractivity contribution < 1.29 is 10.0 Å². The molecule has 2 rings (SSSR count). The van der Waals surface area contributed by atoms with Crippen LogP contribution in [0.15, 0.2) is 47.4 Å². The maximum absolute atomic E-state index is 9.12. The number of hydrogen-bond donors (Lipinski definition) is 2. The van der Waals surface area contributed by atoms with Gasteiger partial charge in [0.2, 0.25) is 0 Å². The van der Waals surface area contributed by atoms with Gasteiger partial charge in [-0.25, -0.2) is 0 Å². The zero-order chi connectivity index (χ0) is 13.8. The van der Waals surface area contributed by atoms with Crippen molar-refractivity contribution in [3.63, 3.8) is 0 Å². The summed E-state index contributed by atoms with van der Waals surface area (Å²) >= 11 is 13.4. The van der Waals surface area contributed by atoms with Gasteiger partial charge in [0.05, 0.1) is 10.0 Å². The van der Waals surface area contributed by atoms with Crippen LogP contribution in [0.5, 0.6) is 0 Å². The number of hydrogen-bond acceptors (Lipinski definition) is 3. The van der Waals surface area contributed by atoms with E-state index in [1.165, 1.54) is 0 Å². The highest BCUT2D eigenvalue weighted by molar-refractivity contribution is 7.98. The van der Waals surface area contributed by atoms with E-state index >= 15 is 0 Å². The molecule has 0 amide bonds. The molecule has 2 aromatic carbocycles. The lowest BCUT2D eigenvalue weighted by Gasteiger charge is -2.05. The first-order chi connectivity index (χ1) is 9.06. The zero-order valence-electron chi connectivity index (χ0n) is 9.88. The van der Waals surface area contributed by atoms with Gasteiger partial charge < -0.3 is 10.0 Å². The molecule has 0 spiro atoms. The summed E-state index contributed by atoms with van der Waals surface area (Å²) in [5.41, 5.74) is 1.51. The normalized spacial score (nSPS) is 10.5. The third-order valence-corrected chi connectivity index (χ3v) is 4.35. The molecular weight excluding hydrogens is 302 g/mol. The van der Waals surface area contributed by atoms with E-state index in [0.29, 0.717) is 15.5 Å². The fourth-order valence-corrected chi connectivity index (χ4v) is 2.82. The van der Waals surface area contributed by atoms with E-state index in [2.05, 4.69) is 0 Å². The molecule has 6 heteroatoms. The second kappa shape index (κ2) is 6.68. The third kappa shape index (κ3) is 4.16. The number of thioether (sulfide) groups is 1. The van der Waals surface area contributed by atoms with E-state index in [-0.39, 0.29) is 0 Å². The van der Waals surface area contributed by atoms with Crippen LogP contribution in [0.25, 0.3) is 0 Å². The van der Waals surface area contributed by atoms with Gasteiger partial charge in [-0.3, -0.25) is 0 Å². The Balaban J connectivity index is 2.05. The second-order valence-corrected chi connectivity index (χ2v) is 5.85. The first-order valence-corrected chi connectivity index (χ1v) is 7.33. The summed E-state index contributed by atoms with van der Waals surface area (Å²) in [6.07, 6.45) is 0. The van der Waals surface area contributed by atoms with Gasteiger partial charge in [-0.1, -0.05) is 47.5 Å². The zero-order valence-corrected chi connectivity index (χ0v) is 12.2. The van der Waals surface area contributed by atoms with Gasteiger partial charge in [0, 0.05) is 10.6 Å². The highest BCUT2D eigenvalue weighted by Gasteiger charge is 2.10. The molecular formula is C13H11BCl2O2S. The van der Waals surface area contributed by atoms with Crippen LogP contribution in [0, 0.1) is 0 Å². The van der Waals surface area contributed by atoms with Crippen LogP contribution in [-0.2, 0) is 5.75 Å². The largest absolute Gasteiger partial charge is 0.488 e. The average molecular weight is 313 g/mol. The Morgan fingerprint density at radius 3 is 2.47 bits per heavy atom. The first kappa shape index (κ1) is 14.8. The van der Waals surface area contributed by atoms with Gasteiger partial charge in [0.1, 0.15) is 0 Å². The van der Waals surface area contributed by atoms with Crippen molar-refractivity contribution in [3.05, 3.63) is 58.1 Å². The molecule has 0 aliphatic heterocycles. The van der Waals surface area contributed by atoms with Crippen molar-refractivity contribution in [2.75, 3.05) is 0 Å². The van der Waals surface area contributed by atoms with Gasteiger partial charge in [-0.2, -0.15) is 0 Å². The Morgan fingerprint density at radius 1 is 1.00 bits per heavy atom. The topological polar surface area (TPSA) is 40.5 Å². The lowest BCUT2D eigenvalue weighted by molar-refractivity contribution is 0.425. The maximum Gasteiger partial charge on any atom is 0.488 e. The number of benzene rings is 2. The molecule has 0 aliphatic carbocycles. The highest BCUT2D eigenvalue weighted by atomic mass is 35.5. The molecule has 0 aromatic heterocycles. The molecule has 2 aromatic rings. The molecule has 0 saturated carbocycles. The maximum atomic E-state index is 9.12. The second-order valence-electron chi connectivity index (χ2n) is 3.98. The van der Waals surface area contributed by atoms with E-state index in [1.54, 1.807) is 36.0 Å². The minimum absolute atomic E-state index is 0.493. The van der Waals surface area contributed by atoms with Crippen LogP contribution in [0.2, 0.25) is 10.0 Å². The molecule has 98 valence electrons. The molecule has 0 heterocycles. The quantitative estimate of drug-likeness (QED) is 0.673. The summed E-state index contributed by atoms with van der Waals surface area (Å²) < 4.78 is 0. The van der Waals surface area contributed by atoms with Crippen molar-refractivity contribution in [1.29, 1.82) is 0 Å². The van der Waals surface area contributed by atoms with Crippen molar-refractivity contribution in [2.24, 2.45) is 0 Å². The van der Waals surface area contributed by atoms with Crippen molar-refractivity contribution in [1.82, 2.24) is 0 Å². The predicted octanol–water partition coefficient (Wildman–Crippen LogP) is 2.97. The lowest BCUT2D eigenvalue weighted by Crippen LogP contribution is -2.29. The summed E-state index contributed by atoms with van der Waals surface area (Å²) in [7, 11) is -1.44. The van der Waals surface area contributed by atoms with Crippen molar-refractivity contribution in [3.8, 4) is 0 Å². The van der Waals surface area contributed by atoms with E-state index in [9.17, 15) is 0 Å². The Labute approximate surface area is 126 Å².